The van der Waals surface area contributed by atoms with Crippen molar-refractivity contribution in [3.63, 3.8) is 0 Å². The first-order chi connectivity index (χ1) is 15.9. The molecule has 0 spiro atoms. The van der Waals surface area contributed by atoms with Gasteiger partial charge in [-0.25, -0.2) is 9.78 Å². The van der Waals surface area contributed by atoms with Gasteiger partial charge in [0.1, 0.15) is 11.5 Å². The molecule has 2 aromatic heterocycles. The Morgan fingerprint density at radius 1 is 1.09 bits per heavy atom. The SMILES string of the molecule is C[C@H](Cc1ccc2c(c1)cc(C(=O)O)n2Cc1ccccc1)NC[C@H](O)c1ccc(N)nc1. The van der Waals surface area contributed by atoms with Crippen molar-refractivity contribution in [1.82, 2.24) is 14.9 Å². The molecule has 33 heavy (non-hydrogen) atoms. The number of pyridine rings is 1. The molecule has 0 unspecified atom stereocenters. The normalized spacial score (nSPS) is 13.2. The second-order valence-corrected chi connectivity index (χ2v) is 8.35. The summed E-state index contributed by atoms with van der Waals surface area (Å²) in [5.74, 6) is -0.517. The largest absolute Gasteiger partial charge is 0.477 e. The van der Waals surface area contributed by atoms with Crippen LogP contribution in [-0.4, -0.2) is 38.3 Å². The molecule has 7 heteroatoms. The Hall–Kier alpha value is -3.68. The summed E-state index contributed by atoms with van der Waals surface area (Å²) in [7, 11) is 0. The van der Waals surface area contributed by atoms with E-state index in [1.54, 1.807) is 24.4 Å². The van der Waals surface area contributed by atoms with E-state index in [2.05, 4.69) is 17.2 Å². The van der Waals surface area contributed by atoms with Gasteiger partial charge in [0, 0.05) is 41.8 Å². The number of nitrogens with two attached hydrogens (primary N) is 1. The van der Waals surface area contributed by atoms with Crippen LogP contribution in [0.3, 0.4) is 0 Å². The number of aliphatic hydroxyl groups is 1. The molecule has 0 aliphatic heterocycles. The van der Waals surface area contributed by atoms with Gasteiger partial charge < -0.3 is 25.8 Å². The van der Waals surface area contributed by atoms with Crippen molar-refractivity contribution in [1.29, 1.82) is 0 Å². The van der Waals surface area contributed by atoms with Gasteiger partial charge in [-0.3, -0.25) is 0 Å². The van der Waals surface area contributed by atoms with Gasteiger partial charge in [0.05, 0.1) is 6.10 Å². The fraction of sp³-hybridized carbons (Fsp3) is 0.231. The lowest BCUT2D eigenvalue weighted by molar-refractivity contribution is 0.0686. The highest BCUT2D eigenvalue weighted by atomic mass is 16.4. The van der Waals surface area contributed by atoms with Gasteiger partial charge in [0.25, 0.3) is 0 Å². The van der Waals surface area contributed by atoms with Crippen LogP contribution in [0.5, 0.6) is 0 Å². The summed E-state index contributed by atoms with van der Waals surface area (Å²) in [4.78, 5) is 15.9. The van der Waals surface area contributed by atoms with Crippen molar-refractivity contribution < 1.29 is 15.0 Å². The lowest BCUT2D eigenvalue weighted by Gasteiger charge is -2.17. The number of carboxylic acid groups (broad SMARTS) is 1. The zero-order chi connectivity index (χ0) is 23.4. The number of nitrogens with one attached hydrogen (secondary N) is 1. The van der Waals surface area contributed by atoms with E-state index < -0.39 is 12.1 Å². The molecule has 2 heterocycles. The summed E-state index contributed by atoms with van der Waals surface area (Å²) in [5.41, 5.74) is 9.63. The Bertz CT molecular complexity index is 1240. The number of carbonyl (C=O) groups is 1. The van der Waals surface area contributed by atoms with Gasteiger partial charge in [-0.15, -0.1) is 0 Å². The minimum atomic E-state index is -0.940. The molecule has 0 aliphatic rings. The van der Waals surface area contributed by atoms with Crippen LogP contribution >= 0.6 is 0 Å². The van der Waals surface area contributed by atoms with Gasteiger partial charge in [-0.1, -0.05) is 42.5 Å². The Morgan fingerprint density at radius 2 is 1.88 bits per heavy atom. The fourth-order valence-electron chi connectivity index (χ4n) is 4.03. The summed E-state index contributed by atoms with van der Waals surface area (Å²) in [6.07, 6.45) is 1.66. The second kappa shape index (κ2) is 9.85. The third-order valence-corrected chi connectivity index (χ3v) is 5.76. The molecule has 0 fully saturated rings. The van der Waals surface area contributed by atoms with Crippen molar-refractivity contribution in [3.8, 4) is 0 Å². The molecule has 0 saturated heterocycles. The number of nitrogens with zero attached hydrogens (tertiary/aromatic N) is 2. The number of nitrogen functional groups attached to an aromatic ring is 1. The van der Waals surface area contributed by atoms with Crippen LogP contribution in [0.25, 0.3) is 10.9 Å². The van der Waals surface area contributed by atoms with Crippen molar-refractivity contribution in [3.05, 3.63) is 95.3 Å². The maximum atomic E-state index is 11.9. The molecular formula is C26H28N4O3. The lowest BCUT2D eigenvalue weighted by Crippen LogP contribution is -2.32. The molecule has 0 radical (unpaired) electrons. The average molecular weight is 445 g/mol. The molecule has 4 rings (SSSR count). The third kappa shape index (κ3) is 5.39. The van der Waals surface area contributed by atoms with Crippen LogP contribution in [0.2, 0.25) is 0 Å². The van der Waals surface area contributed by atoms with Crippen LogP contribution in [0, 0.1) is 0 Å². The monoisotopic (exact) mass is 444 g/mol. The summed E-state index contributed by atoms with van der Waals surface area (Å²) in [6, 6.07) is 21.2. The summed E-state index contributed by atoms with van der Waals surface area (Å²) in [6.45, 7) is 2.95. The van der Waals surface area contributed by atoms with E-state index in [0.717, 1.165) is 28.5 Å². The standard InChI is InChI=1S/C26H28N4O3/c1-17(28-15-24(31)20-8-10-25(27)29-14-20)11-19-7-9-22-21(12-19)13-23(26(32)33)30(22)16-18-5-3-2-4-6-18/h2-10,12-14,17,24,28,31H,11,15-16H2,1H3,(H2,27,29)(H,32,33)/t17-,24+/m1/s1. The van der Waals surface area contributed by atoms with Gasteiger partial charge in [-0.2, -0.15) is 0 Å². The Morgan fingerprint density at radius 3 is 2.58 bits per heavy atom. The number of aromatic carboxylic acids is 1. The third-order valence-electron chi connectivity index (χ3n) is 5.76. The maximum absolute atomic E-state index is 11.9. The highest BCUT2D eigenvalue weighted by Gasteiger charge is 2.16. The van der Waals surface area contributed by atoms with Crippen LogP contribution < -0.4 is 11.1 Å². The number of aromatic nitrogens is 2. The van der Waals surface area contributed by atoms with Crippen LogP contribution in [0.4, 0.5) is 5.82 Å². The van der Waals surface area contributed by atoms with Crippen molar-refractivity contribution in [2.75, 3.05) is 12.3 Å². The van der Waals surface area contributed by atoms with E-state index in [4.69, 9.17) is 5.73 Å². The van der Waals surface area contributed by atoms with Gasteiger partial charge in [-0.05, 0) is 48.7 Å². The maximum Gasteiger partial charge on any atom is 0.352 e. The van der Waals surface area contributed by atoms with E-state index in [1.165, 1.54) is 0 Å². The van der Waals surface area contributed by atoms with Gasteiger partial charge in [0.2, 0.25) is 0 Å². The number of hydrogen-bond donors (Lipinski definition) is 4. The number of carboxylic acids is 1. The summed E-state index contributed by atoms with van der Waals surface area (Å²) >= 11 is 0. The number of benzene rings is 2. The number of hydrogen-bond acceptors (Lipinski definition) is 5. The predicted molar refractivity (Wildman–Crippen MR) is 129 cm³/mol. The molecule has 2 aromatic carbocycles. The topological polar surface area (TPSA) is 113 Å². The zero-order valence-corrected chi connectivity index (χ0v) is 18.5. The van der Waals surface area contributed by atoms with Crippen LogP contribution in [-0.2, 0) is 13.0 Å². The van der Waals surface area contributed by atoms with E-state index >= 15 is 0 Å². The Kier molecular flexibility index (Phi) is 6.72. The van der Waals surface area contributed by atoms with Crippen molar-refractivity contribution in [2.24, 2.45) is 0 Å². The van der Waals surface area contributed by atoms with Crippen molar-refractivity contribution >= 4 is 22.7 Å². The predicted octanol–water partition coefficient (Wildman–Crippen LogP) is 3.62. The highest BCUT2D eigenvalue weighted by Crippen LogP contribution is 2.24. The molecule has 170 valence electrons. The minimum Gasteiger partial charge on any atom is -0.477 e. The first-order valence-corrected chi connectivity index (χ1v) is 10.9. The molecule has 0 amide bonds. The lowest BCUT2D eigenvalue weighted by atomic mass is 10.0. The molecule has 0 saturated carbocycles. The molecule has 0 bridgehead atoms. The number of aliphatic hydroxyl groups excluding tert-OH is 1. The summed E-state index contributed by atoms with van der Waals surface area (Å²) in [5, 5.41) is 24.4. The fourth-order valence-corrected chi connectivity index (χ4v) is 4.03. The van der Waals surface area contributed by atoms with Crippen molar-refractivity contribution in [2.45, 2.75) is 32.0 Å². The molecule has 2 atom stereocenters. The van der Waals surface area contributed by atoms with Crippen LogP contribution in [0.1, 0.15) is 40.2 Å². The first kappa shape index (κ1) is 22.5. The highest BCUT2D eigenvalue weighted by molar-refractivity contribution is 5.95. The second-order valence-electron chi connectivity index (χ2n) is 8.35. The smallest absolute Gasteiger partial charge is 0.352 e. The molecule has 0 aliphatic carbocycles. The molecule has 5 N–H and O–H groups in total. The number of rotatable bonds is 9. The minimum absolute atomic E-state index is 0.115. The average Bonchev–Trinajstić information content (AvgIpc) is 3.16. The van der Waals surface area contributed by atoms with Gasteiger partial charge >= 0.3 is 5.97 Å². The van der Waals surface area contributed by atoms with Crippen LogP contribution in [0.15, 0.2) is 72.9 Å². The van der Waals surface area contributed by atoms with Gasteiger partial charge in [0.15, 0.2) is 0 Å². The molecular weight excluding hydrogens is 416 g/mol. The van der Waals surface area contributed by atoms with E-state index in [0.29, 0.717) is 24.5 Å². The zero-order valence-electron chi connectivity index (χ0n) is 18.5. The van der Waals surface area contributed by atoms with E-state index in [1.807, 2.05) is 53.1 Å². The summed E-state index contributed by atoms with van der Waals surface area (Å²) < 4.78 is 1.84. The van der Waals surface area contributed by atoms with E-state index in [9.17, 15) is 15.0 Å². The number of anilines is 1. The quantitative estimate of drug-likeness (QED) is 0.314. The Balaban J connectivity index is 1.46. The first-order valence-electron chi connectivity index (χ1n) is 10.9. The molecule has 7 nitrogen and oxygen atoms in total. The van der Waals surface area contributed by atoms with E-state index in [-0.39, 0.29) is 11.7 Å². The Labute approximate surface area is 192 Å². The number of fused-ring (bicyclic) bond motifs is 1. The molecule has 4 aromatic rings.